The van der Waals surface area contributed by atoms with E-state index in [0.717, 1.165) is 6.42 Å². The van der Waals surface area contributed by atoms with Crippen molar-refractivity contribution >= 4 is 0 Å². The molecule has 0 heterocycles. The molecular weight excluding hydrogens is 190 g/mol. The fourth-order valence-corrected chi connectivity index (χ4v) is 1.50. The Balaban J connectivity index is 3.04. The van der Waals surface area contributed by atoms with Crippen LogP contribution in [0.2, 0.25) is 0 Å². The van der Waals surface area contributed by atoms with Crippen molar-refractivity contribution in [2.75, 3.05) is 6.54 Å². The number of hydrogen-bond acceptors (Lipinski definition) is 2. The highest BCUT2D eigenvalue weighted by molar-refractivity contribution is 4.80. The first-order chi connectivity index (χ1) is 7.27. The molecule has 0 saturated carbocycles. The van der Waals surface area contributed by atoms with Crippen LogP contribution in [0.15, 0.2) is 12.2 Å². The maximum atomic E-state index is 9.99. The first kappa shape index (κ1) is 14.1. The summed E-state index contributed by atoms with van der Waals surface area (Å²) in [5, 5.41) is 9.99. The second kappa shape index (κ2) is 11.2. The Morgan fingerprint density at radius 3 is 2.20 bits per heavy atom. The summed E-state index contributed by atoms with van der Waals surface area (Å²) >= 11 is 0. The highest BCUT2D eigenvalue weighted by Crippen LogP contribution is 2.08. The summed E-state index contributed by atoms with van der Waals surface area (Å²) in [5.74, 6) is 0. The van der Waals surface area contributed by atoms with E-state index in [-0.39, 0.29) is 11.5 Å². The van der Waals surface area contributed by atoms with Gasteiger partial charge in [-0.15, -0.1) is 0 Å². The SMILES string of the molecule is CCCCCCCCC/C=C/C[N+](=O)[O-]. The van der Waals surface area contributed by atoms with E-state index in [2.05, 4.69) is 6.92 Å². The van der Waals surface area contributed by atoms with Crippen molar-refractivity contribution in [3.8, 4) is 0 Å². The molecule has 0 bridgehead atoms. The lowest BCUT2D eigenvalue weighted by Crippen LogP contribution is -1.95. The maximum Gasteiger partial charge on any atom is 0.222 e. The summed E-state index contributed by atoms with van der Waals surface area (Å²) < 4.78 is 0. The first-order valence-corrected chi connectivity index (χ1v) is 6.04. The number of rotatable bonds is 10. The van der Waals surface area contributed by atoms with Crippen LogP contribution in [0, 0.1) is 10.1 Å². The highest BCUT2D eigenvalue weighted by Gasteiger charge is 1.90. The normalized spacial score (nSPS) is 11.0. The molecule has 0 aromatic rings. The predicted octanol–water partition coefficient (Wildman–Crippen LogP) is 3.96. The number of unbranched alkanes of at least 4 members (excludes halogenated alkanes) is 7. The van der Waals surface area contributed by atoms with Crippen LogP contribution in [0.3, 0.4) is 0 Å². The van der Waals surface area contributed by atoms with Gasteiger partial charge in [0.15, 0.2) is 0 Å². The smallest absolute Gasteiger partial charge is 0.222 e. The van der Waals surface area contributed by atoms with E-state index in [1.165, 1.54) is 44.9 Å². The van der Waals surface area contributed by atoms with Gasteiger partial charge in [-0.3, -0.25) is 10.1 Å². The van der Waals surface area contributed by atoms with Crippen LogP contribution >= 0.6 is 0 Å². The molecule has 0 aliphatic carbocycles. The zero-order valence-corrected chi connectivity index (χ0v) is 9.78. The first-order valence-electron chi connectivity index (χ1n) is 6.04. The zero-order valence-electron chi connectivity index (χ0n) is 9.78. The van der Waals surface area contributed by atoms with Crippen molar-refractivity contribution in [3.05, 3.63) is 22.3 Å². The van der Waals surface area contributed by atoms with E-state index in [1.54, 1.807) is 6.08 Å². The molecule has 0 aromatic heterocycles. The molecule has 3 nitrogen and oxygen atoms in total. The Bertz CT molecular complexity index is 178. The Kier molecular flexibility index (Phi) is 10.6. The van der Waals surface area contributed by atoms with Gasteiger partial charge in [0, 0.05) is 4.92 Å². The highest BCUT2D eigenvalue weighted by atomic mass is 16.6. The van der Waals surface area contributed by atoms with E-state index in [9.17, 15) is 10.1 Å². The van der Waals surface area contributed by atoms with Crippen molar-refractivity contribution < 1.29 is 4.92 Å². The fraction of sp³-hybridized carbons (Fsp3) is 0.833. The predicted molar refractivity (Wildman–Crippen MR) is 63.6 cm³/mol. The average Bonchev–Trinajstić information content (AvgIpc) is 2.20. The summed E-state index contributed by atoms with van der Waals surface area (Å²) in [4.78, 5) is 9.68. The molecule has 0 saturated heterocycles. The molecule has 0 fully saturated rings. The van der Waals surface area contributed by atoms with Gasteiger partial charge >= 0.3 is 0 Å². The van der Waals surface area contributed by atoms with Crippen LogP contribution in [-0.2, 0) is 0 Å². The lowest BCUT2D eigenvalue weighted by atomic mass is 10.1. The molecule has 15 heavy (non-hydrogen) atoms. The number of hydrogen-bond donors (Lipinski definition) is 0. The summed E-state index contributed by atoms with van der Waals surface area (Å²) in [6, 6.07) is 0. The van der Waals surface area contributed by atoms with Crippen LogP contribution < -0.4 is 0 Å². The summed E-state index contributed by atoms with van der Waals surface area (Å²) in [6.07, 6.45) is 13.6. The molecular formula is C12H23NO2. The third-order valence-electron chi connectivity index (χ3n) is 2.40. The van der Waals surface area contributed by atoms with Gasteiger partial charge in [0.2, 0.25) is 6.54 Å². The van der Waals surface area contributed by atoms with Gasteiger partial charge in [-0.2, -0.15) is 0 Å². The van der Waals surface area contributed by atoms with Gasteiger partial charge in [0.25, 0.3) is 0 Å². The van der Waals surface area contributed by atoms with E-state index < -0.39 is 0 Å². The van der Waals surface area contributed by atoms with Crippen LogP contribution in [0.25, 0.3) is 0 Å². The zero-order chi connectivity index (χ0) is 11.4. The van der Waals surface area contributed by atoms with Gasteiger partial charge in [0.05, 0.1) is 0 Å². The molecule has 88 valence electrons. The summed E-state index contributed by atoms with van der Waals surface area (Å²) in [6.45, 7) is 2.19. The molecule has 0 radical (unpaired) electrons. The third kappa shape index (κ3) is 13.1. The van der Waals surface area contributed by atoms with E-state index in [0.29, 0.717) is 0 Å². The monoisotopic (exact) mass is 213 g/mol. The van der Waals surface area contributed by atoms with E-state index >= 15 is 0 Å². The molecule has 0 unspecified atom stereocenters. The topological polar surface area (TPSA) is 43.1 Å². The second-order valence-corrected chi connectivity index (χ2v) is 3.90. The number of nitrogens with zero attached hydrogens (tertiary/aromatic N) is 1. The van der Waals surface area contributed by atoms with E-state index in [4.69, 9.17) is 0 Å². The van der Waals surface area contributed by atoms with Crippen LogP contribution in [-0.4, -0.2) is 11.5 Å². The Hall–Kier alpha value is -0.860. The second-order valence-electron chi connectivity index (χ2n) is 3.90. The Labute approximate surface area is 92.7 Å². The van der Waals surface area contributed by atoms with Gasteiger partial charge in [-0.1, -0.05) is 51.5 Å². The van der Waals surface area contributed by atoms with Crippen molar-refractivity contribution in [1.82, 2.24) is 0 Å². The van der Waals surface area contributed by atoms with Crippen molar-refractivity contribution in [3.63, 3.8) is 0 Å². The quantitative estimate of drug-likeness (QED) is 0.238. The minimum atomic E-state index is -0.304. The molecule has 3 heteroatoms. The van der Waals surface area contributed by atoms with Crippen LogP contribution in [0.1, 0.15) is 58.3 Å². The molecule has 0 rings (SSSR count). The Morgan fingerprint density at radius 2 is 1.60 bits per heavy atom. The minimum absolute atomic E-state index is 0.0312. The van der Waals surface area contributed by atoms with E-state index in [1.807, 2.05) is 6.08 Å². The van der Waals surface area contributed by atoms with Crippen molar-refractivity contribution in [2.45, 2.75) is 58.3 Å². The largest absolute Gasteiger partial charge is 0.264 e. The van der Waals surface area contributed by atoms with Gasteiger partial charge < -0.3 is 0 Å². The minimum Gasteiger partial charge on any atom is -0.264 e. The maximum absolute atomic E-state index is 9.99. The fourth-order valence-electron chi connectivity index (χ4n) is 1.50. The number of nitro groups is 1. The summed E-state index contributed by atoms with van der Waals surface area (Å²) in [7, 11) is 0. The molecule has 0 aromatic carbocycles. The number of allylic oxidation sites excluding steroid dienone is 1. The van der Waals surface area contributed by atoms with Crippen LogP contribution in [0.5, 0.6) is 0 Å². The molecule has 0 aliphatic rings. The lowest BCUT2D eigenvalue weighted by molar-refractivity contribution is -0.468. The standard InChI is InChI=1S/C12H23NO2/c1-2-3-4-5-6-7-8-9-10-11-12-13(14)15/h10-11H,2-9,12H2,1H3/b11-10+. The summed E-state index contributed by atoms with van der Waals surface area (Å²) in [5.41, 5.74) is 0. The van der Waals surface area contributed by atoms with Gasteiger partial charge in [-0.25, -0.2) is 0 Å². The Morgan fingerprint density at radius 1 is 1.00 bits per heavy atom. The molecule has 0 N–H and O–H groups in total. The molecule has 0 atom stereocenters. The third-order valence-corrected chi connectivity index (χ3v) is 2.40. The molecule has 0 spiro atoms. The van der Waals surface area contributed by atoms with Crippen LogP contribution in [0.4, 0.5) is 0 Å². The molecule has 0 amide bonds. The molecule has 0 aliphatic heterocycles. The van der Waals surface area contributed by atoms with Crippen molar-refractivity contribution in [1.29, 1.82) is 0 Å². The van der Waals surface area contributed by atoms with Crippen molar-refractivity contribution in [2.24, 2.45) is 0 Å². The average molecular weight is 213 g/mol. The van der Waals surface area contributed by atoms with Gasteiger partial charge in [0.1, 0.15) is 0 Å². The lowest BCUT2D eigenvalue weighted by Gasteiger charge is -1.98. The van der Waals surface area contributed by atoms with Gasteiger partial charge in [-0.05, 0) is 18.9 Å².